The second-order valence-corrected chi connectivity index (χ2v) is 6.40. The lowest BCUT2D eigenvalue weighted by molar-refractivity contribution is -0.0315. The Bertz CT molecular complexity index is 467. The van der Waals surface area contributed by atoms with Gasteiger partial charge in [0.15, 0.2) is 0 Å². The van der Waals surface area contributed by atoms with Crippen molar-refractivity contribution in [2.75, 3.05) is 31.6 Å². The number of anilines is 1. The van der Waals surface area contributed by atoms with Gasteiger partial charge in [-0.05, 0) is 54.4 Å². The maximum Gasteiger partial charge on any atom is 0.139 e. The quantitative estimate of drug-likeness (QED) is 0.905. The van der Waals surface area contributed by atoms with Crippen LogP contribution in [0.5, 0.6) is 0 Å². The van der Waals surface area contributed by atoms with Gasteiger partial charge in [-0.15, -0.1) is 0 Å². The minimum atomic E-state index is -0.244. The highest BCUT2D eigenvalue weighted by Crippen LogP contribution is 2.24. The third-order valence-corrected chi connectivity index (χ3v) is 4.30. The predicted octanol–water partition coefficient (Wildman–Crippen LogP) is 3.42. The van der Waals surface area contributed by atoms with E-state index in [4.69, 9.17) is 4.74 Å². The Kier molecular flexibility index (Phi) is 5.41. The minimum Gasteiger partial charge on any atom is -0.382 e. The molecule has 0 spiro atoms. The number of ether oxygens (including phenoxy) is 1. The van der Waals surface area contributed by atoms with Gasteiger partial charge in [0.05, 0.1) is 17.2 Å². The number of rotatable bonds is 4. The SMILES string of the molecule is Cc1cc(Br)c(F)cc1NCC1CN(C(C)C)CCO1. The summed E-state index contributed by atoms with van der Waals surface area (Å²) >= 11 is 3.20. The van der Waals surface area contributed by atoms with Gasteiger partial charge >= 0.3 is 0 Å². The molecule has 5 heteroatoms. The summed E-state index contributed by atoms with van der Waals surface area (Å²) < 4.78 is 19.8. The average molecular weight is 345 g/mol. The van der Waals surface area contributed by atoms with E-state index in [1.165, 1.54) is 6.07 Å². The molecule has 0 bridgehead atoms. The number of hydrogen-bond acceptors (Lipinski definition) is 3. The van der Waals surface area contributed by atoms with Gasteiger partial charge in [0.25, 0.3) is 0 Å². The van der Waals surface area contributed by atoms with Crippen molar-refractivity contribution < 1.29 is 9.13 Å². The fourth-order valence-electron chi connectivity index (χ4n) is 2.40. The predicted molar refractivity (Wildman–Crippen MR) is 83.8 cm³/mol. The molecule has 1 aliphatic rings. The summed E-state index contributed by atoms with van der Waals surface area (Å²) in [7, 11) is 0. The molecular weight excluding hydrogens is 323 g/mol. The van der Waals surface area contributed by atoms with Crippen LogP contribution in [0.25, 0.3) is 0 Å². The summed E-state index contributed by atoms with van der Waals surface area (Å²) in [6.07, 6.45) is 0.150. The standard InChI is InChI=1S/C15H22BrFN2O/c1-10(2)19-4-5-20-12(9-19)8-18-15-7-14(17)13(16)6-11(15)3/h6-7,10,12,18H,4-5,8-9H2,1-3H3. The first-order valence-electron chi connectivity index (χ1n) is 7.02. The molecule has 1 atom stereocenters. The van der Waals surface area contributed by atoms with Gasteiger partial charge in [0, 0.05) is 31.4 Å². The number of nitrogens with one attached hydrogen (secondary N) is 1. The molecule has 1 unspecified atom stereocenters. The summed E-state index contributed by atoms with van der Waals surface area (Å²) in [5.74, 6) is -0.244. The van der Waals surface area contributed by atoms with Crippen LogP contribution in [-0.2, 0) is 4.74 Å². The molecule has 3 nitrogen and oxygen atoms in total. The Balaban J connectivity index is 1.93. The molecule has 2 rings (SSSR count). The van der Waals surface area contributed by atoms with Gasteiger partial charge < -0.3 is 10.1 Å². The zero-order valence-electron chi connectivity index (χ0n) is 12.2. The van der Waals surface area contributed by atoms with E-state index in [0.29, 0.717) is 17.1 Å². The van der Waals surface area contributed by atoms with Gasteiger partial charge in [0.1, 0.15) is 5.82 Å². The van der Waals surface area contributed by atoms with Crippen molar-refractivity contribution in [1.29, 1.82) is 0 Å². The topological polar surface area (TPSA) is 24.5 Å². The van der Waals surface area contributed by atoms with Crippen molar-refractivity contribution in [2.45, 2.75) is 32.9 Å². The highest BCUT2D eigenvalue weighted by Gasteiger charge is 2.22. The molecule has 1 aromatic rings. The highest BCUT2D eigenvalue weighted by atomic mass is 79.9. The van der Waals surface area contributed by atoms with Gasteiger partial charge in [-0.3, -0.25) is 4.90 Å². The average Bonchev–Trinajstić information content (AvgIpc) is 2.41. The number of halogens is 2. The van der Waals surface area contributed by atoms with Crippen LogP contribution in [0.2, 0.25) is 0 Å². The van der Waals surface area contributed by atoms with E-state index in [9.17, 15) is 4.39 Å². The van der Waals surface area contributed by atoms with E-state index in [0.717, 1.165) is 30.9 Å². The van der Waals surface area contributed by atoms with E-state index >= 15 is 0 Å². The zero-order chi connectivity index (χ0) is 14.7. The Morgan fingerprint density at radius 3 is 2.95 bits per heavy atom. The van der Waals surface area contributed by atoms with Crippen molar-refractivity contribution in [3.05, 3.63) is 28.0 Å². The van der Waals surface area contributed by atoms with Crippen LogP contribution >= 0.6 is 15.9 Å². The molecule has 1 heterocycles. The first-order chi connectivity index (χ1) is 9.47. The molecule has 20 heavy (non-hydrogen) atoms. The van der Waals surface area contributed by atoms with E-state index in [1.807, 2.05) is 6.92 Å². The summed E-state index contributed by atoms with van der Waals surface area (Å²) in [6.45, 7) is 9.73. The third kappa shape index (κ3) is 3.93. The van der Waals surface area contributed by atoms with E-state index < -0.39 is 0 Å². The van der Waals surface area contributed by atoms with Crippen molar-refractivity contribution in [1.82, 2.24) is 4.90 Å². The van der Waals surface area contributed by atoms with Crippen LogP contribution < -0.4 is 5.32 Å². The molecule has 0 aliphatic carbocycles. The van der Waals surface area contributed by atoms with Crippen LogP contribution in [-0.4, -0.2) is 43.3 Å². The van der Waals surface area contributed by atoms with E-state index in [-0.39, 0.29) is 11.9 Å². The number of aryl methyl sites for hydroxylation is 1. The molecular formula is C15H22BrFN2O. The van der Waals surface area contributed by atoms with Crippen molar-refractivity contribution >= 4 is 21.6 Å². The number of benzene rings is 1. The summed E-state index contributed by atoms with van der Waals surface area (Å²) in [4.78, 5) is 2.41. The second-order valence-electron chi connectivity index (χ2n) is 5.54. The van der Waals surface area contributed by atoms with Crippen LogP contribution in [0, 0.1) is 12.7 Å². The number of hydrogen-bond donors (Lipinski definition) is 1. The largest absolute Gasteiger partial charge is 0.382 e. The van der Waals surface area contributed by atoms with Gasteiger partial charge in [-0.1, -0.05) is 0 Å². The van der Waals surface area contributed by atoms with Crippen LogP contribution in [0.4, 0.5) is 10.1 Å². The van der Waals surface area contributed by atoms with Gasteiger partial charge in [0.2, 0.25) is 0 Å². The van der Waals surface area contributed by atoms with Gasteiger partial charge in [-0.2, -0.15) is 0 Å². The van der Waals surface area contributed by atoms with Crippen LogP contribution in [0.15, 0.2) is 16.6 Å². The lowest BCUT2D eigenvalue weighted by atomic mass is 10.1. The molecule has 1 saturated heterocycles. The fraction of sp³-hybridized carbons (Fsp3) is 0.600. The molecule has 0 aromatic heterocycles. The Morgan fingerprint density at radius 2 is 2.25 bits per heavy atom. The molecule has 0 saturated carbocycles. The highest BCUT2D eigenvalue weighted by molar-refractivity contribution is 9.10. The second kappa shape index (κ2) is 6.87. The first kappa shape index (κ1) is 15.7. The Labute approximate surface area is 128 Å². The summed E-state index contributed by atoms with van der Waals surface area (Å²) in [5, 5.41) is 3.30. The molecule has 1 aliphatic heterocycles. The maximum atomic E-state index is 13.6. The van der Waals surface area contributed by atoms with Crippen molar-refractivity contribution in [3.8, 4) is 0 Å². The van der Waals surface area contributed by atoms with Crippen molar-refractivity contribution in [2.24, 2.45) is 0 Å². The minimum absolute atomic E-state index is 0.150. The fourth-order valence-corrected chi connectivity index (χ4v) is 2.85. The third-order valence-electron chi connectivity index (χ3n) is 3.69. The zero-order valence-corrected chi connectivity index (χ0v) is 13.8. The smallest absolute Gasteiger partial charge is 0.139 e. The van der Waals surface area contributed by atoms with Gasteiger partial charge in [-0.25, -0.2) is 4.39 Å². The lowest BCUT2D eigenvalue weighted by Crippen LogP contribution is -2.48. The Morgan fingerprint density at radius 1 is 1.50 bits per heavy atom. The first-order valence-corrected chi connectivity index (χ1v) is 7.82. The molecule has 1 N–H and O–H groups in total. The molecule has 1 fully saturated rings. The van der Waals surface area contributed by atoms with Crippen LogP contribution in [0.1, 0.15) is 19.4 Å². The summed E-state index contributed by atoms with van der Waals surface area (Å²) in [6, 6.07) is 3.86. The summed E-state index contributed by atoms with van der Waals surface area (Å²) in [5.41, 5.74) is 1.85. The molecule has 1 aromatic carbocycles. The van der Waals surface area contributed by atoms with E-state index in [2.05, 4.69) is 40.0 Å². The maximum absolute atomic E-state index is 13.6. The monoisotopic (exact) mass is 344 g/mol. The number of morpholine rings is 1. The molecule has 0 radical (unpaired) electrons. The lowest BCUT2D eigenvalue weighted by Gasteiger charge is -2.35. The van der Waals surface area contributed by atoms with E-state index in [1.54, 1.807) is 6.07 Å². The van der Waals surface area contributed by atoms with Crippen molar-refractivity contribution in [3.63, 3.8) is 0 Å². The normalized spacial score (nSPS) is 20.4. The van der Waals surface area contributed by atoms with Crippen LogP contribution in [0.3, 0.4) is 0 Å². The Hall–Kier alpha value is -0.650. The molecule has 112 valence electrons. The molecule has 0 amide bonds. The number of nitrogens with zero attached hydrogens (tertiary/aromatic N) is 1.